The third-order valence-corrected chi connectivity index (χ3v) is 5.47. The molecule has 0 bridgehead atoms. The summed E-state index contributed by atoms with van der Waals surface area (Å²) in [6.45, 7) is 5.27. The summed E-state index contributed by atoms with van der Waals surface area (Å²) < 4.78 is 6.03. The summed E-state index contributed by atoms with van der Waals surface area (Å²) in [4.78, 5) is 15.0. The Bertz CT molecular complexity index is 758. The SMILES string of the molecule is CNCCC1CCN(C(=O)c2ccccc2OCc2ccccc2C)CC1.Cl. The molecule has 0 saturated carbocycles. The average Bonchev–Trinajstić information content (AvgIpc) is 2.72. The number of carbonyl (C=O) groups is 1. The van der Waals surface area contributed by atoms with E-state index in [1.54, 1.807) is 0 Å². The summed E-state index contributed by atoms with van der Waals surface area (Å²) in [7, 11) is 1.99. The molecule has 1 N–H and O–H groups in total. The van der Waals surface area contributed by atoms with Crippen LogP contribution in [0.1, 0.15) is 40.7 Å². The monoisotopic (exact) mass is 402 g/mol. The lowest BCUT2D eigenvalue weighted by Gasteiger charge is -2.32. The number of hydrogen-bond donors (Lipinski definition) is 1. The van der Waals surface area contributed by atoms with Crippen molar-refractivity contribution in [1.82, 2.24) is 10.2 Å². The molecule has 5 heteroatoms. The molecule has 0 spiro atoms. The Labute approximate surface area is 174 Å². The first-order valence-corrected chi connectivity index (χ1v) is 9.89. The third kappa shape index (κ3) is 5.73. The normalized spacial score (nSPS) is 14.4. The molecular weight excluding hydrogens is 372 g/mol. The molecule has 1 aliphatic rings. The molecule has 152 valence electrons. The van der Waals surface area contributed by atoms with Gasteiger partial charge in [0.2, 0.25) is 0 Å². The van der Waals surface area contributed by atoms with Gasteiger partial charge >= 0.3 is 0 Å². The van der Waals surface area contributed by atoms with Crippen LogP contribution in [0.5, 0.6) is 5.75 Å². The van der Waals surface area contributed by atoms with Gasteiger partial charge in [0.15, 0.2) is 0 Å². The Morgan fingerprint density at radius 2 is 1.79 bits per heavy atom. The minimum Gasteiger partial charge on any atom is -0.488 e. The molecule has 2 aromatic rings. The average molecular weight is 403 g/mol. The molecule has 4 nitrogen and oxygen atoms in total. The highest BCUT2D eigenvalue weighted by Crippen LogP contribution is 2.25. The number of likely N-dealkylation sites (tertiary alicyclic amines) is 1. The molecule has 0 radical (unpaired) electrons. The van der Waals surface area contributed by atoms with Crippen LogP contribution in [0.4, 0.5) is 0 Å². The number of aryl methyl sites for hydroxylation is 1. The van der Waals surface area contributed by atoms with E-state index < -0.39 is 0 Å². The van der Waals surface area contributed by atoms with Crippen LogP contribution >= 0.6 is 12.4 Å². The standard InChI is InChI=1S/C23H30N2O2.ClH/c1-18-7-3-4-8-20(18)17-27-22-10-6-5-9-21(22)23(26)25-15-12-19(13-16-25)11-14-24-2;/h3-10,19,24H,11-17H2,1-2H3;1H. The first-order chi connectivity index (χ1) is 13.2. The Morgan fingerprint density at radius 3 is 2.50 bits per heavy atom. The number of piperidine rings is 1. The molecule has 0 unspecified atom stereocenters. The van der Waals surface area contributed by atoms with Gasteiger partial charge < -0.3 is 15.0 Å². The van der Waals surface area contributed by atoms with Crippen LogP contribution in [0.3, 0.4) is 0 Å². The van der Waals surface area contributed by atoms with Gasteiger partial charge in [-0.05, 0) is 69.0 Å². The van der Waals surface area contributed by atoms with E-state index in [0.29, 0.717) is 23.8 Å². The lowest BCUT2D eigenvalue weighted by molar-refractivity contribution is 0.0682. The maximum atomic E-state index is 13.1. The molecule has 1 aliphatic heterocycles. The predicted octanol–water partition coefficient (Wildman–Crippen LogP) is 4.46. The molecule has 1 saturated heterocycles. The highest BCUT2D eigenvalue weighted by Gasteiger charge is 2.25. The summed E-state index contributed by atoms with van der Waals surface area (Å²) in [5, 5.41) is 3.22. The number of para-hydroxylation sites is 1. The number of rotatable bonds is 7. The largest absolute Gasteiger partial charge is 0.488 e. The molecule has 2 aromatic carbocycles. The van der Waals surface area contributed by atoms with E-state index in [0.717, 1.165) is 38.0 Å². The van der Waals surface area contributed by atoms with Crippen LogP contribution in [0, 0.1) is 12.8 Å². The molecule has 3 rings (SSSR count). The lowest BCUT2D eigenvalue weighted by Crippen LogP contribution is -2.39. The van der Waals surface area contributed by atoms with Crippen molar-refractivity contribution >= 4 is 18.3 Å². The fourth-order valence-corrected chi connectivity index (χ4v) is 3.64. The van der Waals surface area contributed by atoms with Gasteiger partial charge in [-0.25, -0.2) is 0 Å². The summed E-state index contributed by atoms with van der Waals surface area (Å²) in [6, 6.07) is 15.8. The van der Waals surface area contributed by atoms with Gasteiger partial charge in [-0.3, -0.25) is 4.79 Å². The van der Waals surface area contributed by atoms with Gasteiger partial charge in [0.25, 0.3) is 5.91 Å². The number of hydrogen-bond acceptors (Lipinski definition) is 3. The number of carbonyl (C=O) groups excluding carboxylic acids is 1. The van der Waals surface area contributed by atoms with Crippen LogP contribution in [0.25, 0.3) is 0 Å². The topological polar surface area (TPSA) is 41.6 Å². The number of ether oxygens (including phenoxy) is 1. The van der Waals surface area contributed by atoms with Crippen molar-refractivity contribution in [3.63, 3.8) is 0 Å². The number of nitrogens with zero attached hydrogens (tertiary/aromatic N) is 1. The van der Waals surface area contributed by atoms with Crippen molar-refractivity contribution in [3.8, 4) is 5.75 Å². The predicted molar refractivity (Wildman–Crippen MR) is 116 cm³/mol. The van der Waals surface area contributed by atoms with Crippen LogP contribution in [0.15, 0.2) is 48.5 Å². The zero-order valence-corrected chi connectivity index (χ0v) is 17.6. The van der Waals surface area contributed by atoms with Crippen molar-refractivity contribution in [3.05, 3.63) is 65.2 Å². The van der Waals surface area contributed by atoms with Crippen molar-refractivity contribution in [1.29, 1.82) is 0 Å². The van der Waals surface area contributed by atoms with Crippen molar-refractivity contribution in [2.24, 2.45) is 5.92 Å². The quantitative estimate of drug-likeness (QED) is 0.743. The maximum absolute atomic E-state index is 13.1. The van der Waals surface area contributed by atoms with Gasteiger partial charge in [-0.1, -0.05) is 36.4 Å². The number of benzene rings is 2. The van der Waals surface area contributed by atoms with E-state index in [4.69, 9.17) is 4.74 Å². The summed E-state index contributed by atoms with van der Waals surface area (Å²) in [5.74, 6) is 1.47. The molecule has 1 heterocycles. The van der Waals surface area contributed by atoms with Gasteiger partial charge in [-0.2, -0.15) is 0 Å². The van der Waals surface area contributed by atoms with Crippen molar-refractivity contribution < 1.29 is 9.53 Å². The molecule has 0 aliphatic carbocycles. The lowest BCUT2D eigenvalue weighted by atomic mass is 9.93. The van der Waals surface area contributed by atoms with E-state index in [2.05, 4.69) is 24.4 Å². The highest BCUT2D eigenvalue weighted by molar-refractivity contribution is 5.97. The summed E-state index contributed by atoms with van der Waals surface area (Å²) in [5.41, 5.74) is 3.01. The zero-order chi connectivity index (χ0) is 19.1. The second-order valence-corrected chi connectivity index (χ2v) is 7.34. The molecular formula is C23H31ClN2O2. The Kier molecular flexibility index (Phi) is 8.81. The van der Waals surface area contributed by atoms with Crippen LogP contribution in [-0.2, 0) is 6.61 Å². The van der Waals surface area contributed by atoms with E-state index in [9.17, 15) is 4.79 Å². The fourth-order valence-electron chi connectivity index (χ4n) is 3.64. The Hall–Kier alpha value is -2.04. The highest BCUT2D eigenvalue weighted by atomic mass is 35.5. The van der Waals surface area contributed by atoms with Crippen molar-refractivity contribution in [2.45, 2.75) is 32.8 Å². The molecule has 0 atom stereocenters. The maximum Gasteiger partial charge on any atom is 0.257 e. The van der Waals surface area contributed by atoms with Gasteiger partial charge in [0.1, 0.15) is 12.4 Å². The van der Waals surface area contributed by atoms with Gasteiger partial charge in [0, 0.05) is 13.1 Å². The van der Waals surface area contributed by atoms with Gasteiger partial charge in [-0.15, -0.1) is 12.4 Å². The van der Waals surface area contributed by atoms with E-state index in [1.165, 1.54) is 12.0 Å². The van der Waals surface area contributed by atoms with Crippen molar-refractivity contribution in [2.75, 3.05) is 26.7 Å². The molecule has 0 aromatic heterocycles. The van der Waals surface area contributed by atoms with Crippen LogP contribution < -0.4 is 10.1 Å². The van der Waals surface area contributed by atoms with Crippen LogP contribution in [0.2, 0.25) is 0 Å². The number of halogens is 1. The van der Waals surface area contributed by atoms with E-state index >= 15 is 0 Å². The first kappa shape index (κ1) is 22.3. The van der Waals surface area contributed by atoms with E-state index in [-0.39, 0.29) is 18.3 Å². The zero-order valence-electron chi connectivity index (χ0n) is 16.8. The first-order valence-electron chi connectivity index (χ1n) is 9.89. The number of amides is 1. The van der Waals surface area contributed by atoms with Gasteiger partial charge in [0.05, 0.1) is 5.56 Å². The molecule has 28 heavy (non-hydrogen) atoms. The Morgan fingerprint density at radius 1 is 1.11 bits per heavy atom. The minimum absolute atomic E-state index is 0. The fraction of sp³-hybridized carbons (Fsp3) is 0.435. The molecule has 1 fully saturated rings. The minimum atomic E-state index is 0. The smallest absolute Gasteiger partial charge is 0.257 e. The third-order valence-electron chi connectivity index (χ3n) is 5.47. The number of nitrogens with one attached hydrogen (secondary N) is 1. The summed E-state index contributed by atoms with van der Waals surface area (Å²) in [6.07, 6.45) is 3.36. The second-order valence-electron chi connectivity index (χ2n) is 7.34. The van der Waals surface area contributed by atoms with E-state index in [1.807, 2.05) is 48.3 Å². The van der Waals surface area contributed by atoms with Crippen LogP contribution in [-0.4, -0.2) is 37.5 Å². The second kappa shape index (κ2) is 11.1. The summed E-state index contributed by atoms with van der Waals surface area (Å²) >= 11 is 0. The molecule has 1 amide bonds. The Balaban J connectivity index is 0.00000280.